The Morgan fingerprint density at radius 2 is 2.28 bits per heavy atom. The first-order valence-electron chi connectivity index (χ1n) is 5.17. The van der Waals surface area contributed by atoms with Crippen LogP contribution in [-0.2, 0) is 0 Å². The molecule has 3 heterocycles. The summed E-state index contributed by atoms with van der Waals surface area (Å²) >= 11 is 1.55. The van der Waals surface area contributed by atoms with Gasteiger partial charge in [-0.1, -0.05) is 6.07 Å². The van der Waals surface area contributed by atoms with E-state index < -0.39 is 5.97 Å². The number of aromatic carboxylic acids is 1. The number of carboxylic acids is 1. The Balaban J connectivity index is 2.29. The van der Waals surface area contributed by atoms with Crippen molar-refractivity contribution in [2.24, 2.45) is 0 Å². The molecule has 0 aliphatic rings. The molecule has 3 aromatic heterocycles. The van der Waals surface area contributed by atoms with Crippen molar-refractivity contribution in [2.75, 3.05) is 0 Å². The third-order valence-corrected chi connectivity index (χ3v) is 3.39. The van der Waals surface area contributed by atoms with E-state index in [2.05, 4.69) is 15.2 Å². The molecule has 0 amide bonds. The zero-order chi connectivity index (χ0) is 12.7. The maximum atomic E-state index is 10.9. The first-order valence-corrected chi connectivity index (χ1v) is 6.05. The SMILES string of the molecule is Cc1nc(C(=O)O)cc2nnc(-c3cccs3)n12. The second-order valence-electron chi connectivity index (χ2n) is 3.69. The highest BCUT2D eigenvalue weighted by molar-refractivity contribution is 7.13. The maximum Gasteiger partial charge on any atom is 0.354 e. The number of aromatic nitrogens is 4. The Morgan fingerprint density at radius 3 is 2.94 bits per heavy atom. The molecule has 0 unspecified atom stereocenters. The number of carboxylic acid groups (broad SMARTS) is 1. The van der Waals surface area contributed by atoms with Crippen molar-refractivity contribution in [1.82, 2.24) is 19.6 Å². The number of hydrogen-bond acceptors (Lipinski definition) is 5. The van der Waals surface area contributed by atoms with Crippen molar-refractivity contribution in [3.05, 3.63) is 35.1 Å². The Morgan fingerprint density at radius 1 is 1.44 bits per heavy atom. The molecule has 18 heavy (non-hydrogen) atoms. The van der Waals surface area contributed by atoms with E-state index in [-0.39, 0.29) is 5.69 Å². The predicted octanol–water partition coefficient (Wildman–Crippen LogP) is 1.86. The molecule has 1 N–H and O–H groups in total. The van der Waals surface area contributed by atoms with Crippen molar-refractivity contribution >= 4 is 23.0 Å². The predicted molar refractivity (Wildman–Crippen MR) is 65.8 cm³/mol. The lowest BCUT2D eigenvalue weighted by atomic mass is 10.3. The lowest BCUT2D eigenvalue weighted by molar-refractivity contribution is 0.0690. The number of fused-ring (bicyclic) bond motifs is 1. The summed E-state index contributed by atoms with van der Waals surface area (Å²) in [6.07, 6.45) is 0. The van der Waals surface area contributed by atoms with Gasteiger partial charge in [-0.3, -0.25) is 4.40 Å². The fourth-order valence-corrected chi connectivity index (χ4v) is 2.46. The van der Waals surface area contributed by atoms with Gasteiger partial charge in [0, 0.05) is 6.07 Å². The Hall–Kier alpha value is -2.28. The van der Waals surface area contributed by atoms with Crippen molar-refractivity contribution in [1.29, 1.82) is 0 Å². The molecule has 3 rings (SSSR count). The van der Waals surface area contributed by atoms with Crippen LogP contribution < -0.4 is 0 Å². The van der Waals surface area contributed by atoms with E-state index in [0.29, 0.717) is 17.3 Å². The van der Waals surface area contributed by atoms with E-state index in [4.69, 9.17) is 5.11 Å². The molecule has 0 aliphatic heterocycles. The van der Waals surface area contributed by atoms with Crippen molar-refractivity contribution < 1.29 is 9.90 Å². The molecular formula is C11H8N4O2S. The van der Waals surface area contributed by atoms with Crippen LogP contribution in [0.3, 0.4) is 0 Å². The van der Waals surface area contributed by atoms with Gasteiger partial charge in [0.1, 0.15) is 5.82 Å². The highest BCUT2D eigenvalue weighted by Crippen LogP contribution is 2.24. The van der Waals surface area contributed by atoms with Crippen LogP contribution in [0.2, 0.25) is 0 Å². The highest BCUT2D eigenvalue weighted by atomic mass is 32.1. The number of rotatable bonds is 2. The van der Waals surface area contributed by atoms with Gasteiger partial charge in [-0.15, -0.1) is 21.5 Å². The van der Waals surface area contributed by atoms with Gasteiger partial charge < -0.3 is 5.11 Å². The smallest absolute Gasteiger partial charge is 0.354 e. The summed E-state index contributed by atoms with van der Waals surface area (Å²) in [5.41, 5.74) is 0.466. The van der Waals surface area contributed by atoms with Crippen LogP contribution >= 0.6 is 11.3 Å². The number of aryl methyl sites for hydroxylation is 1. The van der Waals surface area contributed by atoms with Crippen LogP contribution in [-0.4, -0.2) is 30.7 Å². The third kappa shape index (κ3) is 1.56. The van der Waals surface area contributed by atoms with Gasteiger partial charge in [0.25, 0.3) is 0 Å². The van der Waals surface area contributed by atoms with E-state index >= 15 is 0 Å². The Bertz CT molecular complexity index is 733. The summed E-state index contributed by atoms with van der Waals surface area (Å²) in [4.78, 5) is 15.9. The lowest BCUT2D eigenvalue weighted by Crippen LogP contribution is -2.06. The normalized spacial score (nSPS) is 10.9. The van der Waals surface area contributed by atoms with Crippen molar-refractivity contribution in [2.45, 2.75) is 6.92 Å². The molecule has 0 fully saturated rings. The van der Waals surface area contributed by atoms with Gasteiger partial charge >= 0.3 is 5.97 Å². The minimum absolute atomic E-state index is 0.0230. The highest BCUT2D eigenvalue weighted by Gasteiger charge is 2.15. The van der Waals surface area contributed by atoms with Gasteiger partial charge in [0.2, 0.25) is 0 Å². The molecule has 0 bridgehead atoms. The largest absolute Gasteiger partial charge is 0.477 e. The summed E-state index contributed by atoms with van der Waals surface area (Å²) in [7, 11) is 0. The first-order chi connectivity index (χ1) is 8.66. The molecule has 0 spiro atoms. The van der Waals surface area contributed by atoms with E-state index in [9.17, 15) is 4.79 Å². The average molecular weight is 260 g/mol. The van der Waals surface area contributed by atoms with E-state index in [0.717, 1.165) is 4.88 Å². The van der Waals surface area contributed by atoms with Gasteiger partial charge in [-0.05, 0) is 18.4 Å². The average Bonchev–Trinajstić information content (AvgIpc) is 2.96. The van der Waals surface area contributed by atoms with Gasteiger partial charge in [0.05, 0.1) is 4.88 Å². The monoisotopic (exact) mass is 260 g/mol. The number of carbonyl (C=O) groups is 1. The summed E-state index contributed by atoms with van der Waals surface area (Å²) in [5.74, 6) is 0.168. The van der Waals surface area contributed by atoms with Gasteiger partial charge in [0.15, 0.2) is 17.2 Å². The molecule has 0 atom stereocenters. The fraction of sp³-hybridized carbons (Fsp3) is 0.0909. The Labute approximate surface area is 106 Å². The zero-order valence-corrected chi connectivity index (χ0v) is 10.2. The number of thiophene rings is 1. The fourth-order valence-electron chi connectivity index (χ4n) is 1.76. The summed E-state index contributed by atoms with van der Waals surface area (Å²) < 4.78 is 1.75. The second kappa shape index (κ2) is 3.88. The summed E-state index contributed by atoms with van der Waals surface area (Å²) in [6, 6.07) is 5.28. The van der Waals surface area contributed by atoms with Crippen LogP contribution in [0.15, 0.2) is 23.6 Å². The topological polar surface area (TPSA) is 80.4 Å². The van der Waals surface area contributed by atoms with Crippen LogP contribution in [0.4, 0.5) is 0 Å². The van der Waals surface area contributed by atoms with E-state index in [1.54, 1.807) is 22.7 Å². The standard InChI is InChI=1S/C11H8N4O2S/c1-6-12-7(11(16)17)5-9-13-14-10(15(6)9)8-3-2-4-18-8/h2-5H,1H3,(H,16,17). The minimum Gasteiger partial charge on any atom is -0.477 e. The van der Waals surface area contributed by atoms with E-state index in [1.807, 2.05) is 17.5 Å². The molecule has 0 saturated heterocycles. The van der Waals surface area contributed by atoms with Gasteiger partial charge in [-0.2, -0.15) is 0 Å². The van der Waals surface area contributed by atoms with E-state index in [1.165, 1.54) is 6.07 Å². The molecule has 90 valence electrons. The minimum atomic E-state index is -1.07. The molecule has 0 aromatic carbocycles. The van der Waals surface area contributed by atoms with Crippen LogP contribution in [0.25, 0.3) is 16.3 Å². The number of hydrogen-bond donors (Lipinski definition) is 1. The number of nitrogens with zero attached hydrogens (tertiary/aromatic N) is 4. The third-order valence-electron chi connectivity index (χ3n) is 2.52. The van der Waals surface area contributed by atoms with Gasteiger partial charge in [-0.25, -0.2) is 9.78 Å². The maximum absolute atomic E-state index is 10.9. The molecule has 0 radical (unpaired) electrons. The molecule has 0 aliphatic carbocycles. The summed E-state index contributed by atoms with van der Waals surface area (Å²) in [6.45, 7) is 1.74. The summed E-state index contributed by atoms with van der Waals surface area (Å²) in [5, 5.41) is 19.0. The zero-order valence-electron chi connectivity index (χ0n) is 9.36. The molecule has 7 heteroatoms. The van der Waals surface area contributed by atoms with Crippen LogP contribution in [0.5, 0.6) is 0 Å². The quantitative estimate of drug-likeness (QED) is 0.760. The first kappa shape index (κ1) is 10.8. The van der Waals surface area contributed by atoms with Crippen LogP contribution in [0.1, 0.15) is 16.3 Å². The van der Waals surface area contributed by atoms with Crippen molar-refractivity contribution in [3.63, 3.8) is 0 Å². The lowest BCUT2D eigenvalue weighted by Gasteiger charge is -2.02. The molecule has 6 nitrogen and oxygen atoms in total. The molecular weight excluding hydrogens is 252 g/mol. The molecule has 3 aromatic rings. The molecule has 0 saturated carbocycles. The van der Waals surface area contributed by atoms with Crippen LogP contribution in [0, 0.1) is 6.92 Å². The Kier molecular flexibility index (Phi) is 2.34. The second-order valence-corrected chi connectivity index (χ2v) is 4.64. The van der Waals surface area contributed by atoms with Crippen molar-refractivity contribution in [3.8, 4) is 10.7 Å².